The number of nitro groups is 1. The third-order valence-corrected chi connectivity index (χ3v) is 7.00. The number of benzene rings is 3. The van der Waals surface area contributed by atoms with Gasteiger partial charge < -0.3 is 10.1 Å². The smallest absolute Gasteiger partial charge is 0.294 e. The maximum atomic E-state index is 12.8. The van der Waals surface area contributed by atoms with Crippen LogP contribution in [0, 0.1) is 20.6 Å². The van der Waals surface area contributed by atoms with Gasteiger partial charge in [0.15, 0.2) is 0 Å². The normalized spacial score (nSPS) is 14.2. The number of non-ortho nitro benzene ring substituents is 1. The molecule has 9 nitrogen and oxygen atoms in total. The van der Waals surface area contributed by atoms with Gasteiger partial charge in [-0.1, -0.05) is 30.3 Å². The van der Waals surface area contributed by atoms with Crippen LogP contribution in [0.15, 0.2) is 71.6 Å². The average Bonchev–Trinajstić information content (AvgIpc) is 3.11. The molecule has 37 heavy (non-hydrogen) atoms. The number of anilines is 1. The Hall–Kier alpha value is -3.71. The first kappa shape index (κ1) is 26.4. The van der Waals surface area contributed by atoms with Crippen molar-refractivity contribution in [2.75, 3.05) is 11.9 Å². The zero-order chi connectivity index (χ0) is 26.5. The van der Waals surface area contributed by atoms with Gasteiger partial charge in [0.2, 0.25) is 5.91 Å². The lowest BCUT2D eigenvalue weighted by atomic mass is 10.2. The average molecular weight is 629 g/mol. The van der Waals surface area contributed by atoms with Gasteiger partial charge in [0.05, 0.1) is 13.4 Å². The third kappa shape index (κ3) is 6.74. The molecule has 0 aromatic heterocycles. The van der Waals surface area contributed by atoms with Gasteiger partial charge in [0, 0.05) is 17.8 Å². The molecule has 0 unspecified atom stereocenters. The molecular weight excluding hydrogens is 609 g/mol. The van der Waals surface area contributed by atoms with Crippen LogP contribution in [-0.2, 0) is 16.2 Å². The summed E-state index contributed by atoms with van der Waals surface area (Å²) in [7, 11) is 0. The van der Waals surface area contributed by atoms with Crippen LogP contribution < -0.4 is 10.1 Å². The monoisotopic (exact) mass is 629 g/mol. The number of hydrogen-bond acceptors (Lipinski definition) is 7. The van der Waals surface area contributed by atoms with Crippen molar-refractivity contribution in [1.29, 1.82) is 0 Å². The van der Waals surface area contributed by atoms with E-state index < -0.39 is 22.0 Å². The van der Waals surface area contributed by atoms with E-state index in [1.54, 1.807) is 54.6 Å². The van der Waals surface area contributed by atoms with Crippen LogP contribution in [0.2, 0.25) is 0 Å². The second-order valence-electron chi connectivity index (χ2n) is 8.09. The summed E-state index contributed by atoms with van der Waals surface area (Å²) < 4.78 is 6.57. The number of carbonyl (C=O) groups excluding carboxylic acids is 3. The van der Waals surface area contributed by atoms with Crippen molar-refractivity contribution >= 4 is 68.9 Å². The van der Waals surface area contributed by atoms with Gasteiger partial charge in [-0.2, -0.15) is 0 Å². The lowest BCUT2D eigenvalue weighted by molar-refractivity contribution is -0.384. The lowest BCUT2D eigenvalue weighted by Gasteiger charge is -2.12. The van der Waals surface area contributed by atoms with E-state index in [-0.39, 0.29) is 23.7 Å². The molecule has 1 aliphatic rings. The highest BCUT2D eigenvalue weighted by Gasteiger charge is 2.36. The molecule has 1 heterocycles. The second kappa shape index (κ2) is 11.6. The lowest BCUT2D eigenvalue weighted by Crippen LogP contribution is -2.36. The fourth-order valence-corrected chi connectivity index (χ4v) is 5.03. The Labute approximate surface area is 230 Å². The predicted molar refractivity (Wildman–Crippen MR) is 149 cm³/mol. The number of amides is 3. The van der Waals surface area contributed by atoms with Crippen molar-refractivity contribution < 1.29 is 24.0 Å². The summed E-state index contributed by atoms with van der Waals surface area (Å²) in [6.07, 6.45) is 1.59. The molecule has 4 rings (SSSR count). The summed E-state index contributed by atoms with van der Waals surface area (Å²) in [6.45, 7) is 1.67. The molecule has 0 saturated carbocycles. The number of nitro benzene ring substituents is 1. The molecule has 1 saturated heterocycles. The van der Waals surface area contributed by atoms with Crippen LogP contribution in [0.5, 0.6) is 5.75 Å². The standard InChI is InChI=1S/C26H20IN3O6S/c1-16-4-2-6-19(10-16)28-24(31)14-29-25(32)23(37-26(29)33)13-17-8-9-22(21(27)12-17)36-15-18-5-3-7-20(11-18)30(34)35/h2-13H,14-15H2,1H3,(H,28,31)/b23-13-. The molecule has 0 aliphatic carbocycles. The molecule has 0 atom stereocenters. The van der Waals surface area contributed by atoms with Crippen molar-refractivity contribution in [2.45, 2.75) is 13.5 Å². The SMILES string of the molecule is Cc1cccc(NC(=O)CN2C(=O)S/C(=C\c3ccc(OCc4cccc([N+](=O)[O-])c4)c(I)c3)C2=O)c1. The molecule has 11 heteroatoms. The van der Waals surface area contributed by atoms with E-state index >= 15 is 0 Å². The number of thioether (sulfide) groups is 1. The number of rotatable bonds is 8. The number of imide groups is 1. The maximum Gasteiger partial charge on any atom is 0.294 e. The molecule has 1 aliphatic heterocycles. The van der Waals surface area contributed by atoms with Crippen LogP contribution in [0.4, 0.5) is 16.2 Å². The van der Waals surface area contributed by atoms with Gasteiger partial charge in [0.25, 0.3) is 16.8 Å². The first-order chi connectivity index (χ1) is 17.7. The molecule has 0 spiro atoms. The van der Waals surface area contributed by atoms with Crippen LogP contribution in [-0.4, -0.2) is 33.4 Å². The van der Waals surface area contributed by atoms with E-state index in [1.165, 1.54) is 12.1 Å². The van der Waals surface area contributed by atoms with Crippen LogP contribution in [0.25, 0.3) is 6.08 Å². The van der Waals surface area contributed by atoms with E-state index in [0.29, 0.717) is 22.6 Å². The van der Waals surface area contributed by atoms with Crippen LogP contribution in [0.1, 0.15) is 16.7 Å². The number of halogens is 1. The summed E-state index contributed by atoms with van der Waals surface area (Å²) in [5.74, 6) is -0.422. The number of nitrogens with zero attached hydrogens (tertiary/aromatic N) is 2. The summed E-state index contributed by atoms with van der Waals surface area (Å²) in [6, 6.07) is 18.7. The van der Waals surface area contributed by atoms with Gasteiger partial charge >= 0.3 is 0 Å². The highest BCUT2D eigenvalue weighted by molar-refractivity contribution is 14.1. The van der Waals surface area contributed by atoms with E-state index in [2.05, 4.69) is 27.9 Å². The molecular formula is C26H20IN3O6S. The van der Waals surface area contributed by atoms with Gasteiger partial charge in [-0.25, -0.2) is 0 Å². The molecule has 0 bridgehead atoms. The minimum absolute atomic E-state index is 0.00673. The fourth-order valence-electron chi connectivity index (χ4n) is 3.50. The van der Waals surface area contributed by atoms with Crippen LogP contribution >= 0.6 is 34.4 Å². The van der Waals surface area contributed by atoms with Crippen LogP contribution in [0.3, 0.4) is 0 Å². The topological polar surface area (TPSA) is 119 Å². The fraction of sp³-hybridized carbons (Fsp3) is 0.115. The molecule has 1 fully saturated rings. The number of carbonyl (C=O) groups is 3. The summed E-state index contributed by atoms with van der Waals surface area (Å²) in [5.41, 5.74) is 2.90. The Morgan fingerprint density at radius 2 is 1.92 bits per heavy atom. The number of aryl methyl sites for hydroxylation is 1. The van der Waals surface area contributed by atoms with Gasteiger partial charge in [0.1, 0.15) is 18.9 Å². The molecule has 188 valence electrons. The predicted octanol–water partition coefficient (Wildman–Crippen LogP) is 5.76. The Balaban J connectivity index is 1.39. The van der Waals surface area contributed by atoms with Crippen molar-refractivity contribution in [3.8, 4) is 5.75 Å². The van der Waals surface area contributed by atoms with Gasteiger partial charge in [-0.3, -0.25) is 29.4 Å². The zero-order valence-corrected chi connectivity index (χ0v) is 22.4. The Bertz CT molecular complexity index is 1440. The van der Waals surface area contributed by atoms with Crippen molar-refractivity contribution in [1.82, 2.24) is 4.90 Å². The Morgan fingerprint density at radius 3 is 2.65 bits per heavy atom. The first-order valence-corrected chi connectivity index (χ1v) is 12.9. The molecule has 3 aromatic carbocycles. The minimum Gasteiger partial charge on any atom is -0.488 e. The van der Waals surface area contributed by atoms with Gasteiger partial charge in [-0.05, 0) is 88.3 Å². The van der Waals surface area contributed by atoms with E-state index in [1.807, 2.05) is 13.0 Å². The van der Waals surface area contributed by atoms with E-state index in [4.69, 9.17) is 4.74 Å². The molecule has 3 amide bonds. The first-order valence-electron chi connectivity index (χ1n) is 11.0. The highest BCUT2D eigenvalue weighted by atomic mass is 127. The van der Waals surface area contributed by atoms with E-state index in [0.717, 1.165) is 25.8 Å². The second-order valence-corrected chi connectivity index (χ2v) is 10.2. The number of nitrogens with one attached hydrogen (secondary N) is 1. The third-order valence-electron chi connectivity index (χ3n) is 5.25. The Morgan fingerprint density at radius 1 is 1.14 bits per heavy atom. The van der Waals surface area contributed by atoms with Crippen molar-refractivity contribution in [3.05, 3.63) is 102 Å². The molecule has 0 radical (unpaired) electrons. The minimum atomic E-state index is -0.532. The quantitative estimate of drug-likeness (QED) is 0.146. The number of hydrogen-bond donors (Lipinski definition) is 1. The molecule has 3 aromatic rings. The highest BCUT2D eigenvalue weighted by Crippen LogP contribution is 2.33. The Kier molecular flexibility index (Phi) is 8.24. The van der Waals surface area contributed by atoms with Crippen molar-refractivity contribution in [2.24, 2.45) is 0 Å². The largest absolute Gasteiger partial charge is 0.488 e. The summed E-state index contributed by atoms with van der Waals surface area (Å²) in [4.78, 5) is 49.3. The zero-order valence-electron chi connectivity index (χ0n) is 19.5. The van der Waals surface area contributed by atoms with Gasteiger partial charge in [-0.15, -0.1) is 0 Å². The maximum absolute atomic E-state index is 12.8. The van der Waals surface area contributed by atoms with Crippen molar-refractivity contribution in [3.63, 3.8) is 0 Å². The number of ether oxygens (including phenoxy) is 1. The summed E-state index contributed by atoms with van der Waals surface area (Å²) >= 11 is 2.87. The summed E-state index contributed by atoms with van der Waals surface area (Å²) in [5, 5.41) is 13.1. The molecule has 1 N–H and O–H groups in total. The van der Waals surface area contributed by atoms with E-state index in [9.17, 15) is 24.5 Å².